The van der Waals surface area contributed by atoms with Gasteiger partial charge in [0.2, 0.25) is 0 Å². The minimum atomic E-state index is -1.10. The number of carbonyl (C=O) groups excluding carboxylic acids is 1. The molecular formula is C23H42N4O4Si. The summed E-state index contributed by atoms with van der Waals surface area (Å²) in [6, 6.07) is 1.08. The molecule has 182 valence electrons. The molecule has 3 heterocycles. The molecule has 2 saturated heterocycles. The Labute approximate surface area is 194 Å². The number of piperidine rings is 2. The van der Waals surface area contributed by atoms with Crippen molar-refractivity contribution >= 4 is 14.2 Å². The summed E-state index contributed by atoms with van der Waals surface area (Å²) in [7, 11) is 0.348. The average Bonchev–Trinajstić information content (AvgIpc) is 3.14. The van der Waals surface area contributed by atoms with Crippen molar-refractivity contribution in [2.45, 2.75) is 83.1 Å². The Morgan fingerprint density at radius 1 is 1.25 bits per heavy atom. The van der Waals surface area contributed by atoms with Gasteiger partial charge in [-0.1, -0.05) is 19.6 Å². The maximum absolute atomic E-state index is 12.5. The summed E-state index contributed by atoms with van der Waals surface area (Å²) >= 11 is 0. The molecule has 2 atom stereocenters. The summed E-state index contributed by atoms with van der Waals surface area (Å²) in [5.41, 5.74) is 2.19. The number of ether oxygens (including phenoxy) is 3. The second-order valence-electron chi connectivity index (χ2n) is 10.3. The van der Waals surface area contributed by atoms with Gasteiger partial charge in [-0.2, -0.15) is 5.10 Å². The number of likely N-dealkylation sites (tertiary alicyclic amines) is 1. The van der Waals surface area contributed by atoms with E-state index in [1.165, 1.54) is 7.11 Å². The molecule has 0 radical (unpaired) electrons. The molecule has 0 bridgehead atoms. The van der Waals surface area contributed by atoms with Crippen LogP contribution in [0.3, 0.4) is 0 Å². The van der Waals surface area contributed by atoms with E-state index in [0.717, 1.165) is 62.7 Å². The van der Waals surface area contributed by atoms with Crippen molar-refractivity contribution in [3.8, 4) is 0 Å². The number of amides is 1. The standard InChI is InChI=1S/C23H42N4O4Si/c1-18-15-26(17-30-13-14-32(3,4)5)25-22(18)20-7-6-12-27(23(28)29-2)21(20)16-31-19-8-10-24-11-9-19/h15,19-21,24H,6-14,16-17H2,1-5H3/t20-,21-/m0/s1. The number of rotatable bonds is 9. The van der Waals surface area contributed by atoms with Crippen molar-refractivity contribution in [2.75, 3.05) is 40.0 Å². The van der Waals surface area contributed by atoms with Gasteiger partial charge in [0, 0.05) is 33.3 Å². The zero-order valence-corrected chi connectivity index (χ0v) is 21.6. The van der Waals surface area contributed by atoms with Crippen LogP contribution in [0.4, 0.5) is 4.79 Å². The molecule has 0 aromatic carbocycles. The minimum absolute atomic E-state index is 0.0686. The number of hydrogen-bond acceptors (Lipinski definition) is 6. The van der Waals surface area contributed by atoms with E-state index >= 15 is 0 Å². The number of hydrogen-bond donors (Lipinski definition) is 1. The normalized spacial score (nSPS) is 22.8. The summed E-state index contributed by atoms with van der Waals surface area (Å²) < 4.78 is 19.2. The molecule has 3 rings (SSSR count). The predicted octanol–water partition coefficient (Wildman–Crippen LogP) is 3.59. The fourth-order valence-electron chi connectivity index (χ4n) is 4.63. The lowest BCUT2D eigenvalue weighted by Gasteiger charge is -2.40. The second-order valence-corrected chi connectivity index (χ2v) is 16.0. The van der Waals surface area contributed by atoms with E-state index < -0.39 is 8.07 Å². The van der Waals surface area contributed by atoms with E-state index in [0.29, 0.717) is 19.9 Å². The van der Waals surface area contributed by atoms with Crippen LogP contribution < -0.4 is 5.32 Å². The van der Waals surface area contributed by atoms with Crippen LogP contribution in [0.1, 0.15) is 42.9 Å². The van der Waals surface area contributed by atoms with Crippen molar-refractivity contribution in [2.24, 2.45) is 0 Å². The number of aromatic nitrogens is 2. The Kier molecular flexibility index (Phi) is 9.16. The largest absolute Gasteiger partial charge is 0.453 e. The Bertz CT molecular complexity index is 730. The number of nitrogens with one attached hydrogen (secondary N) is 1. The monoisotopic (exact) mass is 466 g/mol. The molecule has 1 aromatic rings. The summed E-state index contributed by atoms with van der Waals surface area (Å²) in [5.74, 6) is 0.132. The van der Waals surface area contributed by atoms with Gasteiger partial charge < -0.3 is 24.4 Å². The maximum Gasteiger partial charge on any atom is 0.409 e. The van der Waals surface area contributed by atoms with E-state index in [1.807, 2.05) is 9.58 Å². The lowest BCUT2D eigenvalue weighted by molar-refractivity contribution is -0.0200. The van der Waals surface area contributed by atoms with E-state index in [9.17, 15) is 4.79 Å². The number of nitrogens with zero attached hydrogens (tertiary/aromatic N) is 3. The first kappa shape index (κ1) is 25.2. The molecule has 2 aliphatic heterocycles. The molecule has 9 heteroatoms. The highest BCUT2D eigenvalue weighted by Crippen LogP contribution is 2.34. The highest BCUT2D eigenvalue weighted by Gasteiger charge is 2.38. The van der Waals surface area contributed by atoms with E-state index in [2.05, 4.69) is 38.1 Å². The van der Waals surface area contributed by atoms with E-state index in [-0.39, 0.29) is 24.2 Å². The van der Waals surface area contributed by atoms with Crippen LogP contribution >= 0.6 is 0 Å². The predicted molar refractivity (Wildman–Crippen MR) is 128 cm³/mol. The maximum atomic E-state index is 12.5. The van der Waals surface area contributed by atoms with Gasteiger partial charge in [0.05, 0.1) is 31.6 Å². The molecule has 0 saturated carbocycles. The number of aryl methyl sites for hydroxylation is 1. The second kappa shape index (κ2) is 11.6. The fourth-order valence-corrected chi connectivity index (χ4v) is 5.38. The highest BCUT2D eigenvalue weighted by atomic mass is 28.3. The van der Waals surface area contributed by atoms with Gasteiger partial charge in [-0.25, -0.2) is 9.48 Å². The van der Waals surface area contributed by atoms with Gasteiger partial charge in [-0.05, 0) is 57.3 Å². The molecular weight excluding hydrogens is 424 g/mol. The summed E-state index contributed by atoms with van der Waals surface area (Å²) in [6.45, 7) is 13.6. The minimum Gasteiger partial charge on any atom is -0.453 e. The first-order valence-electron chi connectivity index (χ1n) is 12.1. The molecule has 2 aliphatic rings. The van der Waals surface area contributed by atoms with Crippen LogP contribution in [-0.2, 0) is 20.9 Å². The van der Waals surface area contributed by atoms with Crippen molar-refractivity contribution in [3.63, 3.8) is 0 Å². The van der Waals surface area contributed by atoms with Crippen molar-refractivity contribution in [1.82, 2.24) is 20.0 Å². The third-order valence-corrected chi connectivity index (χ3v) is 8.24. The summed E-state index contributed by atoms with van der Waals surface area (Å²) in [6.07, 6.45) is 5.98. The van der Waals surface area contributed by atoms with Crippen LogP contribution in [0.2, 0.25) is 25.7 Å². The Hall–Kier alpha value is -1.42. The molecule has 1 N–H and O–H groups in total. The van der Waals surface area contributed by atoms with Crippen molar-refractivity contribution in [3.05, 3.63) is 17.5 Å². The van der Waals surface area contributed by atoms with Gasteiger partial charge in [0.1, 0.15) is 6.73 Å². The average molecular weight is 467 g/mol. The number of carbonyl (C=O) groups is 1. The van der Waals surface area contributed by atoms with Gasteiger partial charge in [-0.15, -0.1) is 0 Å². The lowest BCUT2D eigenvalue weighted by Crippen LogP contribution is -2.50. The smallest absolute Gasteiger partial charge is 0.409 e. The van der Waals surface area contributed by atoms with E-state index in [4.69, 9.17) is 19.3 Å². The molecule has 2 fully saturated rings. The molecule has 0 aliphatic carbocycles. The van der Waals surface area contributed by atoms with E-state index in [1.54, 1.807) is 0 Å². The van der Waals surface area contributed by atoms with Crippen LogP contribution in [0, 0.1) is 6.92 Å². The number of methoxy groups -OCH3 is 1. The third kappa shape index (κ3) is 7.04. The molecule has 0 unspecified atom stereocenters. The van der Waals surface area contributed by atoms with Gasteiger partial charge >= 0.3 is 6.09 Å². The third-order valence-electron chi connectivity index (χ3n) is 6.53. The SMILES string of the molecule is COC(=O)N1CCC[C@H](c2nn(COCC[Si](C)(C)C)cc2C)[C@@H]1COC1CCNCC1. The van der Waals surface area contributed by atoms with Crippen molar-refractivity contribution < 1.29 is 19.0 Å². The summed E-state index contributed by atoms with van der Waals surface area (Å²) in [5, 5.41) is 8.27. The molecule has 32 heavy (non-hydrogen) atoms. The zero-order valence-electron chi connectivity index (χ0n) is 20.6. The quantitative estimate of drug-likeness (QED) is 0.443. The zero-order chi connectivity index (χ0) is 23.1. The van der Waals surface area contributed by atoms with Crippen LogP contribution in [0.15, 0.2) is 6.20 Å². The topological polar surface area (TPSA) is 77.9 Å². The Morgan fingerprint density at radius 3 is 2.69 bits per heavy atom. The fraction of sp³-hybridized carbons (Fsp3) is 0.826. The van der Waals surface area contributed by atoms with Crippen LogP contribution in [-0.4, -0.2) is 81.0 Å². The molecule has 8 nitrogen and oxygen atoms in total. The van der Waals surface area contributed by atoms with Gasteiger partial charge in [0.25, 0.3) is 0 Å². The molecule has 1 amide bonds. The Morgan fingerprint density at radius 2 is 2.00 bits per heavy atom. The van der Waals surface area contributed by atoms with Crippen LogP contribution in [0.5, 0.6) is 0 Å². The van der Waals surface area contributed by atoms with Gasteiger partial charge in [0.15, 0.2) is 0 Å². The molecule has 0 spiro atoms. The summed E-state index contributed by atoms with van der Waals surface area (Å²) in [4.78, 5) is 14.4. The van der Waals surface area contributed by atoms with Gasteiger partial charge in [-0.3, -0.25) is 0 Å². The van der Waals surface area contributed by atoms with Crippen molar-refractivity contribution in [1.29, 1.82) is 0 Å². The van der Waals surface area contributed by atoms with Crippen LogP contribution in [0.25, 0.3) is 0 Å². The first-order valence-corrected chi connectivity index (χ1v) is 15.8. The first-order chi connectivity index (χ1) is 15.3. The Balaban J connectivity index is 1.69. The lowest BCUT2D eigenvalue weighted by atomic mass is 9.85. The molecule has 1 aromatic heterocycles. The highest BCUT2D eigenvalue weighted by molar-refractivity contribution is 6.76.